The van der Waals surface area contributed by atoms with Crippen LogP contribution in [0.25, 0.3) is 0 Å². The van der Waals surface area contributed by atoms with Crippen LogP contribution in [0, 0.1) is 0 Å². The van der Waals surface area contributed by atoms with Crippen molar-refractivity contribution in [1.29, 1.82) is 0 Å². The predicted octanol–water partition coefficient (Wildman–Crippen LogP) is 4.20. The van der Waals surface area contributed by atoms with Gasteiger partial charge < -0.3 is 5.73 Å². The Morgan fingerprint density at radius 1 is 1.12 bits per heavy atom. The average molecular weight is 233 g/mol. The maximum absolute atomic E-state index is 11.8. The van der Waals surface area contributed by atoms with E-state index in [1.807, 2.05) is 18.2 Å². The smallest absolute Gasteiger partial charge is 0.162 e. The third-order valence-corrected chi connectivity index (χ3v) is 2.97. The number of nitrogens with two attached hydrogens (primary N) is 1. The first-order chi connectivity index (χ1) is 8.24. The predicted molar refractivity (Wildman–Crippen MR) is 73.2 cm³/mol. The molecule has 0 fully saturated rings. The van der Waals surface area contributed by atoms with Crippen molar-refractivity contribution < 1.29 is 4.79 Å². The van der Waals surface area contributed by atoms with Crippen LogP contribution in [-0.4, -0.2) is 5.78 Å². The number of carbonyl (C=O) groups excluding carboxylic acids is 1. The highest BCUT2D eigenvalue weighted by Crippen LogP contribution is 2.12. The molecule has 0 aromatic heterocycles. The Balaban J connectivity index is 2.21. The number of nitrogen functional groups attached to an aromatic ring is 1. The van der Waals surface area contributed by atoms with Gasteiger partial charge in [-0.25, -0.2) is 0 Å². The van der Waals surface area contributed by atoms with Crippen LogP contribution in [-0.2, 0) is 0 Å². The fourth-order valence-corrected chi connectivity index (χ4v) is 1.92. The summed E-state index contributed by atoms with van der Waals surface area (Å²) in [7, 11) is 0. The van der Waals surface area contributed by atoms with Crippen LogP contribution in [0.15, 0.2) is 24.3 Å². The van der Waals surface area contributed by atoms with E-state index < -0.39 is 0 Å². The molecule has 0 aliphatic rings. The Morgan fingerprint density at radius 3 is 2.53 bits per heavy atom. The fourth-order valence-electron chi connectivity index (χ4n) is 1.92. The summed E-state index contributed by atoms with van der Waals surface area (Å²) < 4.78 is 0. The molecule has 0 aliphatic heterocycles. The largest absolute Gasteiger partial charge is 0.399 e. The second-order valence-corrected chi connectivity index (χ2v) is 4.57. The molecule has 0 saturated carbocycles. The second kappa shape index (κ2) is 7.88. The molecule has 17 heavy (non-hydrogen) atoms. The van der Waals surface area contributed by atoms with E-state index in [0.29, 0.717) is 12.1 Å². The Kier molecular flexibility index (Phi) is 6.38. The number of anilines is 1. The third-order valence-electron chi connectivity index (χ3n) is 2.97. The van der Waals surface area contributed by atoms with Gasteiger partial charge in [-0.2, -0.15) is 0 Å². The van der Waals surface area contributed by atoms with Crippen molar-refractivity contribution in [3.8, 4) is 0 Å². The Hall–Kier alpha value is -1.31. The summed E-state index contributed by atoms with van der Waals surface area (Å²) in [4.78, 5) is 11.8. The molecule has 94 valence electrons. The number of rotatable bonds is 8. The van der Waals surface area contributed by atoms with Crippen LogP contribution in [0.5, 0.6) is 0 Å². The van der Waals surface area contributed by atoms with E-state index in [2.05, 4.69) is 6.92 Å². The van der Waals surface area contributed by atoms with E-state index in [9.17, 15) is 4.79 Å². The lowest BCUT2D eigenvalue weighted by atomic mass is 10.0. The van der Waals surface area contributed by atoms with Gasteiger partial charge in [-0.15, -0.1) is 0 Å². The van der Waals surface area contributed by atoms with Gasteiger partial charge in [0.2, 0.25) is 0 Å². The van der Waals surface area contributed by atoms with Gasteiger partial charge in [-0.05, 0) is 18.6 Å². The highest BCUT2D eigenvalue weighted by atomic mass is 16.1. The zero-order valence-electron chi connectivity index (χ0n) is 10.7. The number of Topliss-reactive ketones (excluding diaryl/α,β-unsaturated/α-hetero) is 1. The minimum atomic E-state index is 0.216. The molecule has 0 atom stereocenters. The molecule has 0 heterocycles. The van der Waals surface area contributed by atoms with Crippen molar-refractivity contribution in [3.05, 3.63) is 29.8 Å². The van der Waals surface area contributed by atoms with Crippen molar-refractivity contribution in [2.45, 2.75) is 51.9 Å². The maximum Gasteiger partial charge on any atom is 0.162 e. The second-order valence-electron chi connectivity index (χ2n) is 4.57. The molecular weight excluding hydrogens is 210 g/mol. The summed E-state index contributed by atoms with van der Waals surface area (Å²) in [6.07, 6.45) is 7.92. The average Bonchev–Trinajstić information content (AvgIpc) is 2.33. The number of hydrogen-bond donors (Lipinski definition) is 1. The summed E-state index contributed by atoms with van der Waals surface area (Å²) in [5.74, 6) is 0.216. The number of ketones is 1. The Bertz CT molecular complexity index is 347. The first-order valence-corrected chi connectivity index (χ1v) is 6.62. The number of hydrogen-bond acceptors (Lipinski definition) is 2. The summed E-state index contributed by atoms with van der Waals surface area (Å²) in [6.45, 7) is 2.21. The van der Waals surface area contributed by atoms with Crippen LogP contribution < -0.4 is 5.73 Å². The van der Waals surface area contributed by atoms with E-state index in [4.69, 9.17) is 5.73 Å². The van der Waals surface area contributed by atoms with E-state index in [-0.39, 0.29) is 5.78 Å². The topological polar surface area (TPSA) is 43.1 Å². The lowest BCUT2D eigenvalue weighted by Gasteiger charge is -2.02. The normalized spacial score (nSPS) is 10.4. The van der Waals surface area contributed by atoms with E-state index in [0.717, 1.165) is 18.4 Å². The third kappa shape index (κ3) is 5.53. The zero-order valence-corrected chi connectivity index (χ0v) is 10.7. The zero-order chi connectivity index (χ0) is 12.5. The summed E-state index contributed by atoms with van der Waals surface area (Å²) >= 11 is 0. The summed E-state index contributed by atoms with van der Waals surface area (Å²) in [6, 6.07) is 7.25. The van der Waals surface area contributed by atoms with Gasteiger partial charge in [0.25, 0.3) is 0 Å². The van der Waals surface area contributed by atoms with E-state index >= 15 is 0 Å². The van der Waals surface area contributed by atoms with Crippen molar-refractivity contribution in [1.82, 2.24) is 0 Å². The van der Waals surface area contributed by atoms with Crippen LogP contribution in [0.4, 0.5) is 5.69 Å². The molecule has 0 saturated heterocycles. The van der Waals surface area contributed by atoms with Gasteiger partial charge in [0.15, 0.2) is 5.78 Å². The van der Waals surface area contributed by atoms with Gasteiger partial charge in [0.05, 0.1) is 0 Å². The van der Waals surface area contributed by atoms with Gasteiger partial charge >= 0.3 is 0 Å². The van der Waals surface area contributed by atoms with Crippen molar-refractivity contribution in [2.24, 2.45) is 0 Å². The van der Waals surface area contributed by atoms with Crippen LogP contribution in [0.1, 0.15) is 62.2 Å². The van der Waals surface area contributed by atoms with Crippen LogP contribution >= 0.6 is 0 Å². The number of benzene rings is 1. The molecule has 1 aromatic rings. The van der Waals surface area contributed by atoms with Crippen molar-refractivity contribution in [3.63, 3.8) is 0 Å². The molecule has 0 aliphatic carbocycles. The highest BCUT2D eigenvalue weighted by molar-refractivity contribution is 5.96. The van der Waals surface area contributed by atoms with Gasteiger partial charge in [0.1, 0.15) is 0 Å². The van der Waals surface area contributed by atoms with Crippen molar-refractivity contribution in [2.75, 3.05) is 5.73 Å². The van der Waals surface area contributed by atoms with E-state index in [1.54, 1.807) is 6.07 Å². The SMILES string of the molecule is CCCCCCCCC(=O)c1cccc(N)c1. The molecule has 0 unspecified atom stereocenters. The standard InChI is InChI=1S/C15H23NO/c1-2-3-4-5-6-7-11-15(17)13-9-8-10-14(16)12-13/h8-10,12H,2-7,11,16H2,1H3. The van der Waals surface area contributed by atoms with Gasteiger partial charge in [-0.1, -0.05) is 51.2 Å². The molecule has 0 amide bonds. The Morgan fingerprint density at radius 2 is 1.82 bits per heavy atom. The van der Waals surface area contributed by atoms with Crippen LogP contribution in [0.2, 0.25) is 0 Å². The van der Waals surface area contributed by atoms with Crippen LogP contribution in [0.3, 0.4) is 0 Å². The van der Waals surface area contributed by atoms with Gasteiger partial charge in [0, 0.05) is 17.7 Å². The molecule has 1 rings (SSSR count). The number of unbranched alkanes of at least 4 members (excludes halogenated alkanes) is 5. The van der Waals surface area contributed by atoms with E-state index in [1.165, 1.54) is 25.7 Å². The molecule has 0 bridgehead atoms. The quantitative estimate of drug-likeness (QED) is 0.415. The van der Waals surface area contributed by atoms with Crippen molar-refractivity contribution >= 4 is 11.5 Å². The summed E-state index contributed by atoms with van der Waals surface area (Å²) in [5, 5.41) is 0. The molecule has 0 radical (unpaired) electrons. The van der Waals surface area contributed by atoms with Gasteiger partial charge in [-0.3, -0.25) is 4.79 Å². The molecule has 2 N–H and O–H groups in total. The minimum Gasteiger partial charge on any atom is -0.399 e. The lowest BCUT2D eigenvalue weighted by molar-refractivity contribution is 0.0979. The maximum atomic E-state index is 11.8. The molecule has 1 aromatic carbocycles. The summed E-state index contributed by atoms with van der Waals surface area (Å²) in [5.41, 5.74) is 7.07. The molecule has 2 heteroatoms. The number of carbonyl (C=O) groups is 1. The Labute approximate surface area is 104 Å². The fraction of sp³-hybridized carbons (Fsp3) is 0.533. The minimum absolute atomic E-state index is 0.216. The first-order valence-electron chi connectivity index (χ1n) is 6.62. The molecular formula is C15H23NO. The lowest BCUT2D eigenvalue weighted by Crippen LogP contribution is -1.99. The molecule has 2 nitrogen and oxygen atoms in total. The first kappa shape index (κ1) is 13.8. The molecule has 0 spiro atoms. The highest BCUT2D eigenvalue weighted by Gasteiger charge is 2.05. The monoisotopic (exact) mass is 233 g/mol.